The SMILES string of the molecule is CC12CCCCN1c1ccccc1CO2. The van der Waals surface area contributed by atoms with Crippen LogP contribution in [0.5, 0.6) is 0 Å². The highest BCUT2D eigenvalue weighted by Crippen LogP contribution is 2.40. The van der Waals surface area contributed by atoms with Crippen molar-refractivity contribution in [3.8, 4) is 0 Å². The van der Waals surface area contributed by atoms with Crippen LogP contribution in [0, 0.1) is 0 Å². The number of fused-ring (bicyclic) bond motifs is 3. The zero-order valence-corrected chi connectivity index (χ0v) is 9.20. The molecule has 1 aromatic rings. The van der Waals surface area contributed by atoms with Crippen molar-refractivity contribution >= 4 is 5.69 Å². The molecule has 15 heavy (non-hydrogen) atoms. The average molecular weight is 203 g/mol. The van der Waals surface area contributed by atoms with Crippen LogP contribution in [0.15, 0.2) is 24.3 Å². The molecule has 2 heterocycles. The smallest absolute Gasteiger partial charge is 0.138 e. The van der Waals surface area contributed by atoms with E-state index >= 15 is 0 Å². The van der Waals surface area contributed by atoms with Crippen molar-refractivity contribution in [1.82, 2.24) is 0 Å². The second kappa shape index (κ2) is 3.24. The molecule has 0 spiro atoms. The summed E-state index contributed by atoms with van der Waals surface area (Å²) in [7, 11) is 0. The molecule has 0 saturated carbocycles. The number of hydrogen-bond donors (Lipinski definition) is 0. The van der Waals surface area contributed by atoms with Crippen LogP contribution >= 0.6 is 0 Å². The van der Waals surface area contributed by atoms with Crippen LogP contribution in [-0.2, 0) is 11.3 Å². The third kappa shape index (κ3) is 1.36. The fourth-order valence-corrected chi connectivity index (χ4v) is 2.75. The molecule has 0 aromatic heterocycles. The van der Waals surface area contributed by atoms with Crippen molar-refractivity contribution < 1.29 is 4.74 Å². The minimum atomic E-state index is -0.0490. The molecule has 1 saturated heterocycles. The topological polar surface area (TPSA) is 12.5 Å². The predicted molar refractivity (Wildman–Crippen MR) is 60.8 cm³/mol. The first-order valence-corrected chi connectivity index (χ1v) is 5.79. The number of ether oxygens (including phenoxy) is 1. The zero-order chi connectivity index (χ0) is 10.3. The van der Waals surface area contributed by atoms with E-state index in [0.29, 0.717) is 0 Å². The lowest BCUT2D eigenvalue weighted by molar-refractivity contribution is -0.0691. The van der Waals surface area contributed by atoms with Gasteiger partial charge in [0.1, 0.15) is 5.72 Å². The fraction of sp³-hybridized carbons (Fsp3) is 0.538. The number of hydrogen-bond acceptors (Lipinski definition) is 2. The van der Waals surface area contributed by atoms with Gasteiger partial charge in [0.05, 0.1) is 6.61 Å². The summed E-state index contributed by atoms with van der Waals surface area (Å²) in [5.74, 6) is 0. The molecule has 0 radical (unpaired) electrons. The quantitative estimate of drug-likeness (QED) is 0.643. The van der Waals surface area contributed by atoms with Crippen LogP contribution in [0.2, 0.25) is 0 Å². The van der Waals surface area contributed by atoms with Crippen molar-refractivity contribution in [3.05, 3.63) is 29.8 Å². The summed E-state index contributed by atoms with van der Waals surface area (Å²) >= 11 is 0. The zero-order valence-electron chi connectivity index (χ0n) is 9.20. The summed E-state index contributed by atoms with van der Waals surface area (Å²) in [6.07, 6.45) is 3.73. The molecule has 2 aliphatic rings. The van der Waals surface area contributed by atoms with Crippen molar-refractivity contribution in [2.45, 2.75) is 38.5 Å². The molecule has 0 N–H and O–H groups in total. The lowest BCUT2D eigenvalue weighted by Gasteiger charge is -2.49. The molecular weight excluding hydrogens is 186 g/mol. The lowest BCUT2D eigenvalue weighted by Crippen LogP contribution is -2.54. The molecule has 2 aliphatic heterocycles. The Morgan fingerprint density at radius 1 is 1.27 bits per heavy atom. The van der Waals surface area contributed by atoms with Gasteiger partial charge in [-0.05, 0) is 32.3 Å². The van der Waals surface area contributed by atoms with Gasteiger partial charge in [-0.2, -0.15) is 0 Å². The first-order valence-electron chi connectivity index (χ1n) is 5.79. The molecule has 2 heteroatoms. The molecule has 1 fully saturated rings. The molecule has 2 nitrogen and oxygen atoms in total. The Bertz CT molecular complexity index is 377. The lowest BCUT2D eigenvalue weighted by atomic mass is 9.95. The Morgan fingerprint density at radius 3 is 3.07 bits per heavy atom. The van der Waals surface area contributed by atoms with Gasteiger partial charge in [0.25, 0.3) is 0 Å². The standard InChI is InChI=1S/C13H17NO/c1-13-8-4-5-9-14(13)12-7-3-2-6-11(12)10-15-13/h2-3,6-7H,4-5,8-10H2,1H3. The summed E-state index contributed by atoms with van der Waals surface area (Å²) in [5, 5.41) is 0. The van der Waals surface area contributed by atoms with Crippen LogP contribution < -0.4 is 4.90 Å². The molecule has 1 unspecified atom stereocenters. The Labute approximate surface area is 90.8 Å². The van der Waals surface area contributed by atoms with E-state index in [1.165, 1.54) is 24.1 Å². The maximum absolute atomic E-state index is 6.02. The van der Waals surface area contributed by atoms with E-state index in [1.54, 1.807) is 0 Å². The van der Waals surface area contributed by atoms with Gasteiger partial charge >= 0.3 is 0 Å². The van der Waals surface area contributed by atoms with Crippen LogP contribution in [-0.4, -0.2) is 12.3 Å². The van der Waals surface area contributed by atoms with Crippen LogP contribution in [0.3, 0.4) is 0 Å². The molecule has 3 rings (SSSR count). The monoisotopic (exact) mass is 203 g/mol. The van der Waals surface area contributed by atoms with E-state index in [2.05, 4.69) is 36.1 Å². The van der Waals surface area contributed by atoms with Crippen molar-refractivity contribution in [2.75, 3.05) is 11.4 Å². The summed E-state index contributed by atoms with van der Waals surface area (Å²) in [6, 6.07) is 8.61. The molecule has 1 aromatic carbocycles. The average Bonchev–Trinajstić information content (AvgIpc) is 2.28. The first-order chi connectivity index (χ1) is 7.30. The van der Waals surface area contributed by atoms with Gasteiger partial charge in [0, 0.05) is 17.8 Å². The van der Waals surface area contributed by atoms with E-state index in [4.69, 9.17) is 4.74 Å². The van der Waals surface area contributed by atoms with Crippen LogP contribution in [0.4, 0.5) is 5.69 Å². The highest BCUT2D eigenvalue weighted by atomic mass is 16.5. The number of para-hydroxylation sites is 1. The Hall–Kier alpha value is -1.02. The second-order valence-corrected chi connectivity index (χ2v) is 4.70. The fourth-order valence-electron chi connectivity index (χ4n) is 2.75. The van der Waals surface area contributed by atoms with Gasteiger partial charge in [-0.25, -0.2) is 0 Å². The van der Waals surface area contributed by atoms with Crippen molar-refractivity contribution in [1.29, 1.82) is 0 Å². The number of benzene rings is 1. The third-order valence-corrected chi connectivity index (χ3v) is 3.66. The van der Waals surface area contributed by atoms with Crippen molar-refractivity contribution in [2.24, 2.45) is 0 Å². The largest absolute Gasteiger partial charge is 0.351 e. The second-order valence-electron chi connectivity index (χ2n) is 4.70. The molecule has 80 valence electrons. The molecular formula is C13H17NO. The van der Waals surface area contributed by atoms with E-state index in [1.807, 2.05) is 0 Å². The third-order valence-electron chi connectivity index (χ3n) is 3.66. The predicted octanol–water partition coefficient (Wildman–Crippen LogP) is 2.92. The number of piperidine rings is 1. The van der Waals surface area contributed by atoms with E-state index in [9.17, 15) is 0 Å². The van der Waals surface area contributed by atoms with Crippen molar-refractivity contribution in [3.63, 3.8) is 0 Å². The Balaban J connectivity index is 2.05. The molecule has 0 aliphatic carbocycles. The summed E-state index contributed by atoms with van der Waals surface area (Å²) in [4.78, 5) is 2.44. The van der Waals surface area contributed by atoms with Crippen LogP contribution in [0.1, 0.15) is 31.7 Å². The molecule has 1 atom stereocenters. The molecule has 0 bridgehead atoms. The maximum Gasteiger partial charge on any atom is 0.138 e. The van der Waals surface area contributed by atoms with Crippen LogP contribution in [0.25, 0.3) is 0 Å². The van der Waals surface area contributed by atoms with Gasteiger partial charge in [-0.3, -0.25) is 0 Å². The molecule has 0 amide bonds. The van der Waals surface area contributed by atoms with E-state index < -0.39 is 0 Å². The van der Waals surface area contributed by atoms with Gasteiger partial charge in [0.2, 0.25) is 0 Å². The highest BCUT2D eigenvalue weighted by molar-refractivity contribution is 5.56. The Kier molecular flexibility index (Phi) is 1.99. The van der Waals surface area contributed by atoms with Gasteiger partial charge in [-0.1, -0.05) is 18.2 Å². The minimum absolute atomic E-state index is 0.0490. The number of nitrogens with zero attached hydrogens (tertiary/aromatic N) is 1. The normalized spacial score (nSPS) is 29.5. The van der Waals surface area contributed by atoms with Gasteiger partial charge in [-0.15, -0.1) is 0 Å². The summed E-state index contributed by atoms with van der Waals surface area (Å²) in [6.45, 7) is 4.12. The van der Waals surface area contributed by atoms with Gasteiger partial charge in [0.15, 0.2) is 0 Å². The maximum atomic E-state index is 6.02. The van der Waals surface area contributed by atoms with Gasteiger partial charge < -0.3 is 9.64 Å². The number of rotatable bonds is 0. The summed E-state index contributed by atoms with van der Waals surface area (Å²) < 4.78 is 6.02. The van der Waals surface area contributed by atoms with E-state index in [-0.39, 0.29) is 5.72 Å². The highest BCUT2D eigenvalue weighted by Gasteiger charge is 2.39. The van der Waals surface area contributed by atoms with E-state index in [0.717, 1.165) is 19.6 Å². The summed E-state index contributed by atoms with van der Waals surface area (Å²) in [5.41, 5.74) is 2.66. The first kappa shape index (κ1) is 9.22. The minimum Gasteiger partial charge on any atom is -0.351 e. The Morgan fingerprint density at radius 2 is 2.13 bits per heavy atom. The number of anilines is 1.